The molecule has 1 fully saturated rings. The van der Waals surface area contributed by atoms with Crippen molar-refractivity contribution in [1.29, 1.82) is 0 Å². The van der Waals surface area contributed by atoms with Crippen molar-refractivity contribution in [3.8, 4) is 5.75 Å². The van der Waals surface area contributed by atoms with Crippen LogP contribution in [0, 0.1) is 0 Å². The lowest BCUT2D eigenvalue weighted by atomic mass is 10.2. The van der Waals surface area contributed by atoms with Gasteiger partial charge in [-0.05, 0) is 54.2 Å². The third-order valence-corrected chi connectivity index (χ3v) is 5.77. The highest BCUT2D eigenvalue weighted by Gasteiger charge is 2.33. The maximum atomic E-state index is 12.6. The Morgan fingerprint density at radius 1 is 1.16 bits per heavy atom. The summed E-state index contributed by atoms with van der Waals surface area (Å²) in [6.45, 7) is -0.450. The van der Waals surface area contributed by atoms with E-state index in [0.29, 0.717) is 26.9 Å². The van der Waals surface area contributed by atoms with Crippen LogP contribution in [-0.2, 0) is 9.59 Å². The number of aliphatic carboxylic acids is 1. The number of carboxylic acid groups (broad SMARTS) is 1. The molecule has 31 heavy (non-hydrogen) atoms. The van der Waals surface area contributed by atoms with E-state index >= 15 is 0 Å². The maximum Gasteiger partial charge on any atom is 0.341 e. The summed E-state index contributed by atoms with van der Waals surface area (Å²) in [5.41, 5.74) is 3.45. The SMILES string of the molecule is O=C(O)COc1ccc(/C=C2/SC(=S)N(NC(=O)Nc3ccc(Cl)c(Cl)c3)C2=O)cc1. The third-order valence-electron chi connectivity index (χ3n) is 3.72. The van der Waals surface area contributed by atoms with Crippen LogP contribution in [0.3, 0.4) is 0 Å². The van der Waals surface area contributed by atoms with E-state index in [2.05, 4.69) is 10.7 Å². The topological polar surface area (TPSA) is 108 Å². The number of hydrazine groups is 1. The number of nitrogens with one attached hydrogen (secondary N) is 2. The Morgan fingerprint density at radius 3 is 2.52 bits per heavy atom. The predicted molar refractivity (Wildman–Crippen MR) is 123 cm³/mol. The van der Waals surface area contributed by atoms with Crippen LogP contribution in [0.15, 0.2) is 47.4 Å². The van der Waals surface area contributed by atoms with Gasteiger partial charge in [0.15, 0.2) is 10.9 Å². The van der Waals surface area contributed by atoms with E-state index in [1.807, 2.05) is 0 Å². The molecule has 1 heterocycles. The van der Waals surface area contributed by atoms with E-state index in [1.54, 1.807) is 36.4 Å². The van der Waals surface area contributed by atoms with Gasteiger partial charge in [0.25, 0.3) is 5.91 Å². The molecular weight excluding hydrogens is 485 g/mol. The number of ether oxygens (including phenoxy) is 1. The minimum absolute atomic E-state index is 0.155. The zero-order valence-corrected chi connectivity index (χ0v) is 18.6. The number of amides is 3. The highest BCUT2D eigenvalue weighted by molar-refractivity contribution is 8.26. The molecule has 0 aliphatic carbocycles. The van der Waals surface area contributed by atoms with Gasteiger partial charge in [-0.3, -0.25) is 4.79 Å². The third kappa shape index (κ3) is 6.11. The molecule has 2 aromatic carbocycles. The summed E-state index contributed by atoms with van der Waals surface area (Å²) in [5, 5.41) is 12.7. The van der Waals surface area contributed by atoms with E-state index in [9.17, 15) is 14.4 Å². The number of thioether (sulfide) groups is 1. The molecule has 0 spiro atoms. The lowest BCUT2D eigenvalue weighted by Crippen LogP contribution is -2.46. The Balaban J connectivity index is 1.63. The minimum Gasteiger partial charge on any atom is -0.482 e. The normalized spacial score (nSPS) is 14.6. The fraction of sp³-hybridized carbons (Fsp3) is 0.0526. The first-order valence-corrected chi connectivity index (χ1v) is 10.5. The monoisotopic (exact) mass is 497 g/mol. The fourth-order valence-corrected chi connectivity index (χ4v) is 3.83. The van der Waals surface area contributed by atoms with Crippen LogP contribution in [0.25, 0.3) is 6.08 Å². The van der Waals surface area contributed by atoms with Crippen molar-refractivity contribution in [1.82, 2.24) is 10.4 Å². The van der Waals surface area contributed by atoms with Crippen LogP contribution in [-0.4, -0.2) is 39.0 Å². The van der Waals surface area contributed by atoms with Gasteiger partial charge >= 0.3 is 12.0 Å². The number of hydrogen-bond donors (Lipinski definition) is 3. The quantitative estimate of drug-likeness (QED) is 0.401. The molecule has 0 aromatic heterocycles. The van der Waals surface area contributed by atoms with Gasteiger partial charge in [-0.25, -0.2) is 15.0 Å². The lowest BCUT2D eigenvalue weighted by Gasteiger charge is -2.16. The van der Waals surface area contributed by atoms with Gasteiger partial charge in [-0.15, -0.1) is 0 Å². The molecule has 3 amide bonds. The lowest BCUT2D eigenvalue weighted by molar-refractivity contribution is -0.139. The zero-order valence-electron chi connectivity index (χ0n) is 15.4. The van der Waals surface area contributed by atoms with Crippen molar-refractivity contribution in [3.63, 3.8) is 0 Å². The second kappa shape index (κ2) is 10.0. The number of thiocarbonyl (C=S) groups is 1. The van der Waals surface area contributed by atoms with Crippen LogP contribution in [0.2, 0.25) is 10.0 Å². The molecule has 160 valence electrons. The number of halogens is 2. The van der Waals surface area contributed by atoms with Gasteiger partial charge in [-0.2, -0.15) is 5.01 Å². The van der Waals surface area contributed by atoms with Crippen LogP contribution < -0.4 is 15.5 Å². The number of urea groups is 1. The molecule has 0 atom stereocenters. The molecule has 12 heteroatoms. The average molecular weight is 498 g/mol. The summed E-state index contributed by atoms with van der Waals surface area (Å²) in [4.78, 5) is 35.7. The molecule has 1 saturated heterocycles. The number of hydrogen-bond acceptors (Lipinski definition) is 6. The fourth-order valence-electron chi connectivity index (χ4n) is 2.36. The molecule has 8 nitrogen and oxygen atoms in total. The van der Waals surface area contributed by atoms with Gasteiger partial charge in [0.05, 0.1) is 15.0 Å². The Hall–Kier alpha value is -2.79. The van der Waals surface area contributed by atoms with Gasteiger partial charge < -0.3 is 15.2 Å². The maximum absolute atomic E-state index is 12.6. The Morgan fingerprint density at radius 2 is 1.87 bits per heavy atom. The molecule has 3 N–H and O–H groups in total. The second-order valence-electron chi connectivity index (χ2n) is 5.96. The van der Waals surface area contributed by atoms with Crippen molar-refractivity contribution in [2.75, 3.05) is 11.9 Å². The standard InChI is InChI=1S/C19H13Cl2N3O5S2/c20-13-6-3-11(8-14(13)21)22-18(28)23-24-17(27)15(31-19(24)30)7-10-1-4-12(5-2-10)29-9-16(25)26/h1-8H,9H2,(H,25,26)(H2,22,23,28)/b15-7+. The van der Waals surface area contributed by atoms with E-state index in [4.69, 9.17) is 45.3 Å². The molecular formula is C19H13Cl2N3O5S2. The highest BCUT2D eigenvalue weighted by atomic mass is 35.5. The van der Waals surface area contributed by atoms with Crippen molar-refractivity contribution in [2.45, 2.75) is 0 Å². The largest absolute Gasteiger partial charge is 0.482 e. The average Bonchev–Trinajstić information content (AvgIpc) is 2.97. The number of nitrogens with zero attached hydrogens (tertiary/aromatic N) is 1. The molecule has 1 aliphatic heterocycles. The molecule has 2 aromatic rings. The van der Waals surface area contributed by atoms with Crippen LogP contribution in [0.1, 0.15) is 5.56 Å². The second-order valence-corrected chi connectivity index (χ2v) is 8.45. The Bertz CT molecular complexity index is 1090. The van der Waals surface area contributed by atoms with E-state index in [-0.39, 0.29) is 9.34 Å². The minimum atomic E-state index is -1.08. The van der Waals surface area contributed by atoms with Gasteiger partial charge in [0.2, 0.25) is 0 Å². The zero-order chi connectivity index (χ0) is 22.5. The number of benzene rings is 2. The Labute approximate surface area is 196 Å². The van der Waals surface area contributed by atoms with Crippen LogP contribution in [0.5, 0.6) is 5.75 Å². The molecule has 1 aliphatic rings. The number of carbonyl (C=O) groups excluding carboxylic acids is 2. The van der Waals surface area contributed by atoms with Gasteiger partial charge in [0, 0.05) is 5.69 Å². The van der Waals surface area contributed by atoms with Crippen molar-refractivity contribution in [3.05, 3.63) is 63.0 Å². The van der Waals surface area contributed by atoms with Crippen molar-refractivity contribution < 1.29 is 24.2 Å². The van der Waals surface area contributed by atoms with Gasteiger partial charge in [-0.1, -0.05) is 47.1 Å². The first-order valence-electron chi connectivity index (χ1n) is 8.48. The van der Waals surface area contributed by atoms with Crippen LogP contribution >= 0.6 is 47.2 Å². The summed E-state index contributed by atoms with van der Waals surface area (Å²) in [6.07, 6.45) is 1.60. The van der Waals surface area contributed by atoms with Crippen LogP contribution in [0.4, 0.5) is 10.5 Å². The Kier molecular flexibility index (Phi) is 7.39. The smallest absolute Gasteiger partial charge is 0.341 e. The molecule has 3 rings (SSSR count). The first-order chi connectivity index (χ1) is 14.7. The van der Waals surface area contributed by atoms with Gasteiger partial charge in [0.1, 0.15) is 5.75 Å². The van der Waals surface area contributed by atoms with Crippen molar-refractivity contribution >= 4 is 81.2 Å². The number of carbonyl (C=O) groups is 3. The number of anilines is 1. The highest BCUT2D eigenvalue weighted by Crippen LogP contribution is 2.32. The summed E-state index contributed by atoms with van der Waals surface area (Å²) in [5.74, 6) is -1.19. The first kappa shape index (κ1) is 22.9. The predicted octanol–water partition coefficient (Wildman–Crippen LogP) is 4.39. The summed E-state index contributed by atoms with van der Waals surface area (Å²) in [6, 6.07) is 10.4. The summed E-state index contributed by atoms with van der Waals surface area (Å²) in [7, 11) is 0. The number of rotatable bonds is 6. The summed E-state index contributed by atoms with van der Waals surface area (Å²) >= 11 is 18.0. The molecule has 0 radical (unpaired) electrons. The molecule has 0 saturated carbocycles. The van der Waals surface area contributed by atoms with E-state index in [0.717, 1.165) is 16.8 Å². The summed E-state index contributed by atoms with van der Waals surface area (Å²) < 4.78 is 5.22. The molecule has 0 unspecified atom stereocenters. The van der Waals surface area contributed by atoms with Crippen molar-refractivity contribution in [2.24, 2.45) is 0 Å². The van der Waals surface area contributed by atoms with E-state index in [1.165, 1.54) is 12.1 Å². The number of carboxylic acids is 1. The molecule has 0 bridgehead atoms. The van der Waals surface area contributed by atoms with E-state index < -0.39 is 24.5 Å².